The van der Waals surface area contributed by atoms with Gasteiger partial charge in [0.15, 0.2) is 0 Å². The molecule has 3 nitrogen and oxygen atoms in total. The summed E-state index contributed by atoms with van der Waals surface area (Å²) in [7, 11) is 2.21. The zero-order valence-corrected chi connectivity index (χ0v) is 7.99. The van der Waals surface area contributed by atoms with Crippen LogP contribution in [0.3, 0.4) is 0 Å². The quantitative estimate of drug-likeness (QED) is 0.552. The number of piperazine rings is 1. The minimum atomic E-state index is 0.708. The minimum Gasteiger partial charge on any atom is -0.378 e. The van der Waals surface area contributed by atoms with Gasteiger partial charge in [0.1, 0.15) is 0 Å². The highest BCUT2D eigenvalue weighted by Gasteiger charge is 2.30. The molecule has 0 aliphatic carbocycles. The Hall–Kier alpha value is -0.120. The highest BCUT2D eigenvalue weighted by atomic mass is 16.5. The van der Waals surface area contributed by atoms with Gasteiger partial charge in [-0.25, -0.2) is 0 Å². The summed E-state index contributed by atoms with van der Waals surface area (Å²) in [5.74, 6) is 0. The van der Waals surface area contributed by atoms with E-state index in [2.05, 4.69) is 23.8 Å². The van der Waals surface area contributed by atoms with Crippen molar-refractivity contribution in [2.45, 2.75) is 19.0 Å². The highest BCUT2D eigenvalue weighted by Crippen LogP contribution is 2.15. The van der Waals surface area contributed by atoms with Crippen molar-refractivity contribution in [2.75, 3.05) is 39.9 Å². The summed E-state index contributed by atoms with van der Waals surface area (Å²) < 4.78 is 5.19. The lowest BCUT2D eigenvalue weighted by Crippen LogP contribution is -2.58. The van der Waals surface area contributed by atoms with Gasteiger partial charge in [-0.05, 0) is 14.0 Å². The van der Waals surface area contributed by atoms with Crippen LogP contribution in [-0.2, 0) is 4.74 Å². The summed E-state index contributed by atoms with van der Waals surface area (Å²) in [6.45, 7) is 7.84. The molecule has 2 rings (SSSR count). The van der Waals surface area contributed by atoms with Gasteiger partial charge < -0.3 is 9.64 Å². The van der Waals surface area contributed by atoms with E-state index in [4.69, 9.17) is 4.74 Å². The van der Waals surface area contributed by atoms with Gasteiger partial charge in [-0.1, -0.05) is 0 Å². The van der Waals surface area contributed by atoms with Gasteiger partial charge in [0, 0.05) is 25.7 Å². The van der Waals surface area contributed by atoms with E-state index in [1.54, 1.807) is 0 Å². The Balaban J connectivity index is 1.84. The fourth-order valence-electron chi connectivity index (χ4n) is 1.84. The van der Waals surface area contributed by atoms with Crippen LogP contribution in [0, 0.1) is 0 Å². The molecule has 2 saturated heterocycles. The van der Waals surface area contributed by atoms with Crippen LogP contribution in [-0.4, -0.2) is 61.8 Å². The summed E-state index contributed by atoms with van der Waals surface area (Å²) in [4.78, 5) is 4.99. The SMILES string of the molecule is C[C@@H]1CN(C2COC2)CCN1C. The topological polar surface area (TPSA) is 15.7 Å². The van der Waals surface area contributed by atoms with Crippen molar-refractivity contribution in [1.29, 1.82) is 0 Å². The van der Waals surface area contributed by atoms with Crippen molar-refractivity contribution in [3.63, 3.8) is 0 Å². The molecule has 0 radical (unpaired) electrons. The average molecular weight is 170 g/mol. The third-order valence-corrected chi connectivity index (χ3v) is 3.13. The lowest BCUT2D eigenvalue weighted by Gasteiger charge is -2.44. The molecule has 0 spiro atoms. The van der Waals surface area contributed by atoms with Gasteiger partial charge >= 0.3 is 0 Å². The Kier molecular flexibility index (Phi) is 2.35. The molecule has 0 amide bonds. The average Bonchev–Trinajstić information content (AvgIpc) is 1.93. The fourth-order valence-corrected chi connectivity index (χ4v) is 1.84. The smallest absolute Gasteiger partial charge is 0.0645 e. The number of likely N-dealkylation sites (N-methyl/N-ethyl adjacent to an activating group) is 1. The molecule has 0 aromatic rings. The number of ether oxygens (including phenoxy) is 1. The first-order valence-corrected chi connectivity index (χ1v) is 4.79. The Morgan fingerprint density at radius 2 is 2.00 bits per heavy atom. The molecule has 0 aromatic heterocycles. The molecular formula is C9H18N2O. The van der Waals surface area contributed by atoms with Crippen molar-refractivity contribution >= 4 is 0 Å². The van der Waals surface area contributed by atoms with Crippen LogP contribution in [0.25, 0.3) is 0 Å². The maximum absolute atomic E-state index is 5.19. The molecule has 2 aliphatic heterocycles. The molecule has 2 heterocycles. The molecule has 0 N–H and O–H groups in total. The van der Waals surface area contributed by atoms with E-state index in [1.165, 1.54) is 19.6 Å². The maximum atomic E-state index is 5.19. The number of hydrogen-bond donors (Lipinski definition) is 0. The number of nitrogens with zero attached hydrogens (tertiary/aromatic N) is 2. The van der Waals surface area contributed by atoms with Crippen molar-refractivity contribution in [1.82, 2.24) is 9.80 Å². The zero-order valence-electron chi connectivity index (χ0n) is 7.99. The van der Waals surface area contributed by atoms with Crippen molar-refractivity contribution in [3.8, 4) is 0 Å². The first-order valence-electron chi connectivity index (χ1n) is 4.79. The lowest BCUT2D eigenvalue weighted by molar-refractivity contribution is -0.0822. The first-order chi connectivity index (χ1) is 5.77. The predicted molar refractivity (Wildman–Crippen MR) is 48.3 cm³/mol. The zero-order chi connectivity index (χ0) is 8.55. The molecule has 3 heteroatoms. The Morgan fingerprint density at radius 1 is 1.25 bits per heavy atom. The van der Waals surface area contributed by atoms with Gasteiger partial charge in [-0.3, -0.25) is 4.90 Å². The van der Waals surface area contributed by atoms with Crippen LogP contribution in [0.1, 0.15) is 6.92 Å². The number of rotatable bonds is 1. The van der Waals surface area contributed by atoms with Gasteiger partial charge in [0.2, 0.25) is 0 Å². The van der Waals surface area contributed by atoms with E-state index in [9.17, 15) is 0 Å². The summed E-state index contributed by atoms with van der Waals surface area (Å²) in [6, 6.07) is 1.43. The van der Waals surface area contributed by atoms with Gasteiger partial charge in [-0.15, -0.1) is 0 Å². The summed E-state index contributed by atoms with van der Waals surface area (Å²) in [6.07, 6.45) is 0. The molecule has 2 fully saturated rings. The molecule has 0 unspecified atom stereocenters. The first kappa shape index (κ1) is 8.48. The molecule has 1 atom stereocenters. The Labute approximate surface area is 74.3 Å². The molecular weight excluding hydrogens is 152 g/mol. The monoisotopic (exact) mass is 170 g/mol. The fraction of sp³-hybridized carbons (Fsp3) is 1.00. The molecule has 70 valence electrons. The summed E-state index contributed by atoms with van der Waals surface area (Å²) in [5, 5.41) is 0. The van der Waals surface area contributed by atoms with Crippen LogP contribution in [0.2, 0.25) is 0 Å². The van der Waals surface area contributed by atoms with E-state index in [0.717, 1.165) is 19.3 Å². The van der Waals surface area contributed by atoms with Crippen molar-refractivity contribution < 1.29 is 4.74 Å². The standard InChI is InChI=1S/C9H18N2O/c1-8-5-11(4-3-10(8)2)9-6-12-7-9/h8-9H,3-7H2,1-2H3/t8-/m1/s1. The molecule has 0 bridgehead atoms. The van der Waals surface area contributed by atoms with E-state index < -0.39 is 0 Å². The highest BCUT2D eigenvalue weighted by molar-refractivity contribution is 4.84. The molecule has 0 saturated carbocycles. The Bertz CT molecular complexity index is 159. The predicted octanol–water partition coefficient (Wildman–Crippen LogP) is 0.0211. The van der Waals surface area contributed by atoms with Crippen molar-refractivity contribution in [2.24, 2.45) is 0 Å². The van der Waals surface area contributed by atoms with Crippen LogP contribution in [0.15, 0.2) is 0 Å². The van der Waals surface area contributed by atoms with Gasteiger partial charge in [-0.2, -0.15) is 0 Å². The maximum Gasteiger partial charge on any atom is 0.0645 e. The van der Waals surface area contributed by atoms with E-state index in [-0.39, 0.29) is 0 Å². The second-order valence-electron chi connectivity index (χ2n) is 4.02. The third-order valence-electron chi connectivity index (χ3n) is 3.13. The Morgan fingerprint density at radius 3 is 2.50 bits per heavy atom. The summed E-state index contributed by atoms with van der Waals surface area (Å²) in [5.41, 5.74) is 0. The van der Waals surface area contributed by atoms with Gasteiger partial charge in [0.05, 0.1) is 19.3 Å². The van der Waals surface area contributed by atoms with Gasteiger partial charge in [0.25, 0.3) is 0 Å². The molecule has 2 aliphatic rings. The van der Waals surface area contributed by atoms with Crippen molar-refractivity contribution in [3.05, 3.63) is 0 Å². The minimum absolute atomic E-state index is 0.708. The van der Waals surface area contributed by atoms with E-state index in [0.29, 0.717) is 6.04 Å². The summed E-state index contributed by atoms with van der Waals surface area (Å²) >= 11 is 0. The third kappa shape index (κ3) is 1.49. The molecule has 0 aromatic carbocycles. The lowest BCUT2D eigenvalue weighted by atomic mass is 10.1. The van der Waals surface area contributed by atoms with Crippen LogP contribution in [0.4, 0.5) is 0 Å². The van der Waals surface area contributed by atoms with E-state index >= 15 is 0 Å². The van der Waals surface area contributed by atoms with Crippen LogP contribution < -0.4 is 0 Å². The number of hydrogen-bond acceptors (Lipinski definition) is 3. The van der Waals surface area contributed by atoms with E-state index in [1.807, 2.05) is 0 Å². The molecule has 12 heavy (non-hydrogen) atoms. The second-order valence-corrected chi connectivity index (χ2v) is 4.02. The second kappa shape index (κ2) is 3.32. The largest absolute Gasteiger partial charge is 0.378 e. The van der Waals surface area contributed by atoms with Crippen LogP contribution >= 0.6 is 0 Å². The van der Waals surface area contributed by atoms with Crippen LogP contribution in [0.5, 0.6) is 0 Å². The normalized spacial score (nSPS) is 35.0.